The van der Waals surface area contributed by atoms with Crippen molar-refractivity contribution in [1.82, 2.24) is 5.32 Å². The van der Waals surface area contributed by atoms with Crippen LogP contribution in [0.2, 0.25) is 0 Å². The molecular formula is C41H33N3O7S. The van der Waals surface area contributed by atoms with E-state index >= 15 is 0 Å². The van der Waals surface area contributed by atoms with Crippen LogP contribution in [-0.4, -0.2) is 48.8 Å². The lowest BCUT2D eigenvalue weighted by molar-refractivity contribution is -0.115. The Morgan fingerprint density at radius 1 is 0.712 bits per heavy atom. The summed E-state index contributed by atoms with van der Waals surface area (Å²) in [6, 6.07) is 32.0. The van der Waals surface area contributed by atoms with Crippen LogP contribution < -0.4 is 25.4 Å². The third-order valence-corrected chi connectivity index (χ3v) is 9.39. The molecule has 1 atom stereocenters. The van der Waals surface area contributed by atoms with Gasteiger partial charge in [-0.2, -0.15) is 0 Å². The predicted molar refractivity (Wildman–Crippen MR) is 200 cm³/mol. The highest BCUT2D eigenvalue weighted by Crippen LogP contribution is 2.33. The number of hydrogen-bond donors (Lipinski definition) is 3. The Hall–Kier alpha value is -6.46. The van der Waals surface area contributed by atoms with Gasteiger partial charge < -0.3 is 25.4 Å². The summed E-state index contributed by atoms with van der Waals surface area (Å²) in [4.78, 5) is 67.2. The molecule has 3 N–H and O–H groups in total. The van der Waals surface area contributed by atoms with Gasteiger partial charge >= 0.3 is 0 Å². The van der Waals surface area contributed by atoms with E-state index < -0.39 is 17.1 Å². The summed E-state index contributed by atoms with van der Waals surface area (Å²) in [7, 11) is 3.03. The Bertz CT molecular complexity index is 2230. The van der Waals surface area contributed by atoms with E-state index in [1.54, 1.807) is 122 Å². The van der Waals surface area contributed by atoms with Crippen molar-refractivity contribution in [1.29, 1.82) is 0 Å². The van der Waals surface area contributed by atoms with Gasteiger partial charge in [-0.1, -0.05) is 54.6 Å². The maximum absolute atomic E-state index is 13.6. The Morgan fingerprint density at radius 2 is 1.38 bits per heavy atom. The smallest absolute Gasteiger partial charge is 0.272 e. The minimum atomic E-state index is -0.583. The maximum Gasteiger partial charge on any atom is 0.272 e. The van der Waals surface area contributed by atoms with Crippen molar-refractivity contribution in [2.75, 3.05) is 24.9 Å². The van der Waals surface area contributed by atoms with Crippen molar-refractivity contribution >= 4 is 58.5 Å². The van der Waals surface area contributed by atoms with Gasteiger partial charge in [0.2, 0.25) is 5.91 Å². The lowest BCUT2D eigenvalue weighted by Gasteiger charge is -2.21. The molecule has 52 heavy (non-hydrogen) atoms. The van der Waals surface area contributed by atoms with Crippen LogP contribution in [0.25, 0.3) is 6.08 Å². The molecular weight excluding hydrogens is 679 g/mol. The van der Waals surface area contributed by atoms with E-state index in [4.69, 9.17) is 9.47 Å². The van der Waals surface area contributed by atoms with Gasteiger partial charge in [-0.15, -0.1) is 11.8 Å². The van der Waals surface area contributed by atoms with Gasteiger partial charge in [0.05, 0.1) is 30.7 Å². The Labute approximate surface area is 304 Å². The zero-order valence-corrected chi connectivity index (χ0v) is 29.2. The lowest BCUT2D eigenvalue weighted by Crippen LogP contribution is -2.30. The summed E-state index contributed by atoms with van der Waals surface area (Å²) in [5.41, 5.74) is 2.69. The number of hydrogen-bond acceptors (Lipinski definition) is 8. The van der Waals surface area contributed by atoms with Gasteiger partial charge in [-0.3, -0.25) is 24.0 Å². The van der Waals surface area contributed by atoms with E-state index in [9.17, 15) is 24.0 Å². The molecule has 0 saturated heterocycles. The van der Waals surface area contributed by atoms with E-state index in [-0.39, 0.29) is 40.0 Å². The second kappa shape index (κ2) is 15.6. The number of carbonyl (C=O) groups is 5. The average molecular weight is 712 g/mol. The zero-order chi connectivity index (χ0) is 36.8. The molecule has 5 aromatic carbocycles. The highest BCUT2D eigenvalue weighted by atomic mass is 32.2. The third kappa shape index (κ3) is 7.64. The summed E-state index contributed by atoms with van der Waals surface area (Å²) >= 11 is 1.28. The second-order valence-electron chi connectivity index (χ2n) is 11.6. The summed E-state index contributed by atoms with van der Waals surface area (Å²) in [5, 5.41) is 7.79. The quantitative estimate of drug-likeness (QED) is 0.0964. The van der Waals surface area contributed by atoms with E-state index in [0.717, 1.165) is 4.90 Å². The van der Waals surface area contributed by atoms with E-state index in [0.29, 0.717) is 39.4 Å². The summed E-state index contributed by atoms with van der Waals surface area (Å²) in [5.74, 6) is -0.974. The first-order chi connectivity index (χ1) is 25.2. The fourth-order valence-electron chi connectivity index (χ4n) is 5.59. The number of rotatable bonds is 11. The van der Waals surface area contributed by atoms with Crippen LogP contribution in [-0.2, 0) is 9.59 Å². The standard InChI is InChI=1S/C41H33N3O7S/c1-24(39(47)43-33-15-9-14-32-36(33)38(46)31-13-8-7-12-30(31)37(32)45)52-29-20-17-27(18-21-29)42-41(49)34(44-40(48)25-10-5-4-6-11-25)22-26-16-19-28(50-2)23-35(26)51-3/h4-24H,1-3H3,(H,42,49)(H,43,47)(H,44,48)/b34-22-. The van der Waals surface area contributed by atoms with Crippen LogP contribution in [0.5, 0.6) is 11.5 Å². The number of nitrogens with one attached hydrogen (secondary N) is 3. The van der Waals surface area contributed by atoms with Crippen molar-refractivity contribution in [2.24, 2.45) is 0 Å². The number of methoxy groups -OCH3 is 2. The molecule has 3 amide bonds. The van der Waals surface area contributed by atoms with Crippen LogP contribution >= 0.6 is 11.8 Å². The number of thioether (sulfide) groups is 1. The second-order valence-corrected chi connectivity index (χ2v) is 13.1. The molecule has 0 heterocycles. The van der Waals surface area contributed by atoms with E-state index in [1.807, 2.05) is 0 Å². The van der Waals surface area contributed by atoms with E-state index in [1.165, 1.54) is 32.1 Å². The first-order valence-corrected chi connectivity index (χ1v) is 17.0. The molecule has 11 heteroatoms. The minimum absolute atomic E-state index is 0.0205. The molecule has 0 aromatic heterocycles. The SMILES string of the molecule is COc1ccc(/C=C(\NC(=O)c2ccccc2)C(=O)Nc2ccc(SC(C)C(=O)Nc3cccc4c3C(=O)c3ccccc3C4=O)cc2)c(OC)c1. The summed E-state index contributed by atoms with van der Waals surface area (Å²) < 4.78 is 10.8. The molecule has 1 aliphatic rings. The number of carbonyl (C=O) groups excluding carboxylic acids is 5. The monoisotopic (exact) mass is 711 g/mol. The van der Waals surface area contributed by atoms with Gasteiger partial charge in [0.25, 0.3) is 11.8 Å². The fourth-order valence-corrected chi connectivity index (χ4v) is 6.46. The Balaban J connectivity index is 1.15. The van der Waals surface area contributed by atoms with Crippen molar-refractivity contribution in [3.63, 3.8) is 0 Å². The van der Waals surface area contributed by atoms with Crippen molar-refractivity contribution in [3.8, 4) is 11.5 Å². The van der Waals surface area contributed by atoms with Crippen LogP contribution in [0.15, 0.2) is 126 Å². The van der Waals surface area contributed by atoms with Gasteiger partial charge in [0.15, 0.2) is 11.6 Å². The summed E-state index contributed by atoms with van der Waals surface area (Å²) in [6.45, 7) is 1.73. The molecule has 1 aliphatic carbocycles. The number of benzene rings is 5. The molecule has 0 fully saturated rings. The molecule has 0 radical (unpaired) electrons. The molecule has 0 bridgehead atoms. The molecule has 0 spiro atoms. The van der Waals surface area contributed by atoms with Gasteiger partial charge in [-0.05, 0) is 67.6 Å². The van der Waals surface area contributed by atoms with Crippen LogP contribution in [0.1, 0.15) is 54.7 Å². The van der Waals surface area contributed by atoms with Crippen LogP contribution in [0.3, 0.4) is 0 Å². The third-order valence-electron chi connectivity index (χ3n) is 8.27. The lowest BCUT2D eigenvalue weighted by atomic mass is 9.83. The molecule has 0 saturated carbocycles. The molecule has 0 aliphatic heterocycles. The highest BCUT2D eigenvalue weighted by molar-refractivity contribution is 8.00. The molecule has 10 nitrogen and oxygen atoms in total. The van der Waals surface area contributed by atoms with Crippen molar-refractivity contribution in [3.05, 3.63) is 154 Å². The van der Waals surface area contributed by atoms with E-state index in [2.05, 4.69) is 16.0 Å². The maximum atomic E-state index is 13.6. The normalized spacial score (nSPS) is 12.6. The predicted octanol–water partition coefficient (Wildman–Crippen LogP) is 7.01. The average Bonchev–Trinajstić information content (AvgIpc) is 3.17. The first-order valence-electron chi connectivity index (χ1n) is 16.2. The van der Waals surface area contributed by atoms with Gasteiger partial charge in [-0.25, -0.2) is 0 Å². The summed E-state index contributed by atoms with van der Waals surface area (Å²) in [6.07, 6.45) is 1.52. The number of ether oxygens (including phenoxy) is 2. The van der Waals surface area contributed by atoms with Crippen LogP contribution in [0, 0.1) is 0 Å². The molecule has 6 rings (SSSR count). The Morgan fingerprint density at radius 3 is 2.08 bits per heavy atom. The van der Waals surface area contributed by atoms with Crippen molar-refractivity contribution in [2.45, 2.75) is 17.1 Å². The fraction of sp³-hybridized carbons (Fsp3) is 0.0976. The minimum Gasteiger partial charge on any atom is -0.497 e. The number of ketones is 2. The first kappa shape index (κ1) is 35.4. The molecule has 5 aromatic rings. The van der Waals surface area contributed by atoms with Gasteiger partial charge in [0, 0.05) is 44.5 Å². The topological polar surface area (TPSA) is 140 Å². The number of amides is 3. The largest absolute Gasteiger partial charge is 0.497 e. The molecule has 1 unspecified atom stereocenters. The van der Waals surface area contributed by atoms with Gasteiger partial charge in [0.1, 0.15) is 17.2 Å². The Kier molecular flexibility index (Phi) is 10.6. The zero-order valence-electron chi connectivity index (χ0n) is 28.4. The number of fused-ring (bicyclic) bond motifs is 2. The number of anilines is 2. The molecule has 260 valence electrons. The highest BCUT2D eigenvalue weighted by Gasteiger charge is 2.32. The van der Waals surface area contributed by atoms with Crippen LogP contribution in [0.4, 0.5) is 11.4 Å². The van der Waals surface area contributed by atoms with Crippen molar-refractivity contribution < 1.29 is 33.4 Å².